The maximum Gasteiger partial charge on any atom is 0.217 e. The molecule has 0 bridgehead atoms. The molecule has 2 heterocycles. The van der Waals surface area contributed by atoms with Crippen LogP contribution in [0.1, 0.15) is 45.4 Å². The van der Waals surface area contributed by atoms with Crippen LogP contribution in [-0.2, 0) is 14.8 Å². The van der Waals surface area contributed by atoms with E-state index < -0.39 is 10.0 Å². The summed E-state index contributed by atoms with van der Waals surface area (Å²) in [6, 6.07) is 0.324. The Hall–Kier alpha value is -0.170. The molecule has 1 atom stereocenters. The van der Waals surface area contributed by atoms with Gasteiger partial charge in [-0.05, 0) is 38.6 Å². The lowest BCUT2D eigenvalue weighted by molar-refractivity contribution is 0.0970. The van der Waals surface area contributed by atoms with Crippen LogP contribution in [0.2, 0.25) is 0 Å². The SMILES string of the molecule is CCCN(CC1CCCCN1)S(=O)(=O)C1CCOCC1. The second kappa shape index (κ2) is 7.73. The Kier molecular flexibility index (Phi) is 6.26. The molecule has 0 spiro atoms. The van der Waals surface area contributed by atoms with Crippen LogP contribution in [0.15, 0.2) is 0 Å². The predicted molar refractivity (Wildman–Crippen MR) is 80.3 cm³/mol. The lowest BCUT2D eigenvalue weighted by Crippen LogP contribution is -2.49. The first-order valence-electron chi connectivity index (χ1n) is 7.94. The maximum absolute atomic E-state index is 12.8. The normalized spacial score (nSPS) is 26.0. The van der Waals surface area contributed by atoms with Gasteiger partial charge in [0.15, 0.2) is 0 Å². The average molecular weight is 304 g/mol. The minimum Gasteiger partial charge on any atom is -0.381 e. The minimum atomic E-state index is -3.17. The summed E-state index contributed by atoms with van der Waals surface area (Å²) in [5.41, 5.74) is 0. The van der Waals surface area contributed by atoms with Crippen LogP contribution in [0, 0.1) is 0 Å². The fraction of sp³-hybridized carbons (Fsp3) is 1.00. The molecule has 0 aromatic carbocycles. The highest BCUT2D eigenvalue weighted by atomic mass is 32.2. The molecule has 0 aromatic heterocycles. The van der Waals surface area contributed by atoms with E-state index in [4.69, 9.17) is 4.74 Å². The first kappa shape index (κ1) is 16.2. The second-order valence-corrected chi connectivity index (χ2v) is 8.07. The lowest BCUT2D eigenvalue weighted by Gasteiger charge is -2.33. The molecule has 0 aliphatic carbocycles. The molecular weight excluding hydrogens is 276 g/mol. The number of sulfonamides is 1. The highest BCUT2D eigenvalue weighted by Crippen LogP contribution is 2.21. The minimum absolute atomic E-state index is 0.244. The molecule has 118 valence electrons. The summed E-state index contributed by atoms with van der Waals surface area (Å²) in [5, 5.41) is 3.21. The summed E-state index contributed by atoms with van der Waals surface area (Å²) in [6.45, 7) is 5.48. The molecular formula is C14H28N2O3S. The molecule has 6 heteroatoms. The van der Waals surface area contributed by atoms with Crippen molar-refractivity contribution in [1.82, 2.24) is 9.62 Å². The number of ether oxygens (including phenoxy) is 1. The predicted octanol–water partition coefficient (Wildman–Crippen LogP) is 1.35. The van der Waals surface area contributed by atoms with Crippen molar-refractivity contribution in [2.75, 3.05) is 32.8 Å². The standard InChI is InChI=1S/C14H28N2O3S/c1-2-9-16(12-13-5-3-4-8-15-13)20(17,18)14-6-10-19-11-7-14/h13-15H,2-12H2,1H3. The first-order valence-corrected chi connectivity index (χ1v) is 9.45. The Morgan fingerprint density at radius 3 is 2.55 bits per heavy atom. The van der Waals surface area contributed by atoms with E-state index >= 15 is 0 Å². The first-order chi connectivity index (χ1) is 9.64. The fourth-order valence-corrected chi connectivity index (χ4v) is 5.12. The van der Waals surface area contributed by atoms with E-state index in [-0.39, 0.29) is 5.25 Å². The highest BCUT2D eigenvalue weighted by Gasteiger charge is 2.34. The fourth-order valence-electron chi connectivity index (χ4n) is 3.08. The summed E-state index contributed by atoms with van der Waals surface area (Å²) >= 11 is 0. The van der Waals surface area contributed by atoms with Crippen LogP contribution in [0.4, 0.5) is 0 Å². The number of hydrogen-bond acceptors (Lipinski definition) is 4. The summed E-state index contributed by atoms with van der Waals surface area (Å²) < 4.78 is 32.6. The Labute approximate surface area is 123 Å². The Balaban J connectivity index is 2.01. The number of nitrogens with one attached hydrogen (secondary N) is 1. The van der Waals surface area contributed by atoms with Crippen molar-refractivity contribution in [1.29, 1.82) is 0 Å². The van der Waals surface area contributed by atoms with Crippen LogP contribution in [0.5, 0.6) is 0 Å². The van der Waals surface area contributed by atoms with Crippen LogP contribution in [-0.4, -0.2) is 56.9 Å². The van der Waals surface area contributed by atoms with Gasteiger partial charge in [0.25, 0.3) is 0 Å². The number of hydrogen-bond donors (Lipinski definition) is 1. The number of rotatable bonds is 6. The molecule has 2 aliphatic rings. The monoisotopic (exact) mass is 304 g/mol. The van der Waals surface area contributed by atoms with Gasteiger partial charge in [-0.2, -0.15) is 0 Å². The Bertz CT molecular complexity index is 374. The van der Waals surface area contributed by atoms with Crippen LogP contribution >= 0.6 is 0 Å². The summed E-state index contributed by atoms with van der Waals surface area (Å²) in [4.78, 5) is 0. The van der Waals surface area contributed by atoms with Crippen LogP contribution < -0.4 is 5.32 Å². The van der Waals surface area contributed by atoms with Crippen molar-refractivity contribution >= 4 is 10.0 Å². The van der Waals surface area contributed by atoms with Gasteiger partial charge >= 0.3 is 0 Å². The van der Waals surface area contributed by atoms with Crippen molar-refractivity contribution in [3.05, 3.63) is 0 Å². The molecule has 2 fully saturated rings. The molecule has 2 saturated heterocycles. The van der Waals surface area contributed by atoms with Gasteiger partial charge in [-0.15, -0.1) is 0 Å². The van der Waals surface area contributed by atoms with E-state index in [2.05, 4.69) is 5.32 Å². The van der Waals surface area contributed by atoms with Gasteiger partial charge in [0, 0.05) is 32.3 Å². The zero-order chi connectivity index (χ0) is 14.4. The van der Waals surface area contributed by atoms with Gasteiger partial charge in [-0.25, -0.2) is 12.7 Å². The van der Waals surface area contributed by atoms with Gasteiger partial charge in [-0.3, -0.25) is 0 Å². The zero-order valence-corrected chi connectivity index (χ0v) is 13.3. The maximum atomic E-state index is 12.8. The summed E-state index contributed by atoms with van der Waals surface area (Å²) in [5.74, 6) is 0. The van der Waals surface area contributed by atoms with Crippen molar-refractivity contribution in [3.63, 3.8) is 0 Å². The highest BCUT2D eigenvalue weighted by molar-refractivity contribution is 7.89. The quantitative estimate of drug-likeness (QED) is 0.805. The third-order valence-corrected chi connectivity index (χ3v) is 6.62. The summed E-state index contributed by atoms with van der Waals surface area (Å²) in [7, 11) is -3.17. The topological polar surface area (TPSA) is 58.6 Å². The van der Waals surface area contributed by atoms with Gasteiger partial charge in [0.2, 0.25) is 10.0 Å². The zero-order valence-electron chi connectivity index (χ0n) is 12.5. The van der Waals surface area contributed by atoms with E-state index in [9.17, 15) is 8.42 Å². The molecule has 2 aliphatic heterocycles. The van der Waals surface area contributed by atoms with Gasteiger partial charge in [0.05, 0.1) is 5.25 Å². The molecule has 5 nitrogen and oxygen atoms in total. The second-order valence-electron chi connectivity index (χ2n) is 5.86. The molecule has 1 N–H and O–H groups in total. The van der Waals surface area contributed by atoms with Crippen molar-refractivity contribution in [3.8, 4) is 0 Å². The van der Waals surface area contributed by atoms with Crippen molar-refractivity contribution < 1.29 is 13.2 Å². The van der Waals surface area contributed by atoms with Crippen LogP contribution in [0.25, 0.3) is 0 Å². The largest absolute Gasteiger partial charge is 0.381 e. The van der Waals surface area contributed by atoms with Crippen molar-refractivity contribution in [2.24, 2.45) is 0 Å². The smallest absolute Gasteiger partial charge is 0.217 e. The van der Waals surface area contributed by atoms with E-state index in [1.54, 1.807) is 4.31 Å². The summed E-state index contributed by atoms with van der Waals surface area (Å²) in [6.07, 6.45) is 5.64. The van der Waals surface area contributed by atoms with Gasteiger partial charge < -0.3 is 10.1 Å². The average Bonchev–Trinajstić information content (AvgIpc) is 2.49. The van der Waals surface area contributed by atoms with Gasteiger partial charge in [0.1, 0.15) is 0 Å². The van der Waals surface area contributed by atoms with E-state index in [1.165, 1.54) is 12.8 Å². The third-order valence-electron chi connectivity index (χ3n) is 4.26. The van der Waals surface area contributed by atoms with E-state index in [0.717, 1.165) is 19.4 Å². The molecule has 1 unspecified atom stereocenters. The molecule has 0 radical (unpaired) electrons. The number of piperidine rings is 1. The molecule has 0 amide bonds. The lowest BCUT2D eigenvalue weighted by atomic mass is 10.1. The third kappa shape index (κ3) is 4.16. The molecule has 2 rings (SSSR count). The van der Waals surface area contributed by atoms with Crippen LogP contribution in [0.3, 0.4) is 0 Å². The number of nitrogens with zero attached hydrogens (tertiary/aromatic N) is 1. The van der Waals surface area contributed by atoms with E-state index in [1.807, 2.05) is 6.92 Å². The molecule has 0 aromatic rings. The Morgan fingerprint density at radius 2 is 1.95 bits per heavy atom. The Morgan fingerprint density at radius 1 is 1.20 bits per heavy atom. The molecule has 20 heavy (non-hydrogen) atoms. The molecule has 0 saturated carbocycles. The van der Waals surface area contributed by atoms with Crippen molar-refractivity contribution in [2.45, 2.75) is 56.7 Å². The van der Waals surface area contributed by atoms with Gasteiger partial charge in [-0.1, -0.05) is 13.3 Å². The van der Waals surface area contributed by atoms with E-state index in [0.29, 0.717) is 45.2 Å².